The van der Waals surface area contributed by atoms with E-state index in [2.05, 4.69) is 5.32 Å². The number of sulfone groups is 1. The molecule has 1 saturated heterocycles. The van der Waals surface area contributed by atoms with Crippen molar-refractivity contribution in [1.82, 2.24) is 5.32 Å². The maximum atomic E-state index is 11.6. The standard InChI is InChI=1S/C10H19NO2S/c1-11-10(6-3-2-4-7-10)9-5-8-14(9,12)13/h9,11H,2-8H2,1H3. The Morgan fingerprint density at radius 2 is 1.86 bits per heavy atom. The summed E-state index contributed by atoms with van der Waals surface area (Å²) in [5.41, 5.74) is -0.0880. The molecule has 1 heterocycles. The molecule has 0 aromatic carbocycles. The maximum Gasteiger partial charge on any atom is 0.155 e. The summed E-state index contributed by atoms with van der Waals surface area (Å²) in [5, 5.41) is 3.20. The second-order valence-electron chi connectivity index (χ2n) is 4.61. The van der Waals surface area contributed by atoms with Crippen molar-refractivity contribution in [3.8, 4) is 0 Å². The van der Waals surface area contributed by atoms with Gasteiger partial charge in [-0.2, -0.15) is 0 Å². The molecular formula is C10H19NO2S. The fraction of sp³-hybridized carbons (Fsp3) is 1.00. The first-order chi connectivity index (χ1) is 6.61. The Balaban J connectivity index is 2.19. The molecule has 1 unspecified atom stereocenters. The minimum atomic E-state index is -2.75. The van der Waals surface area contributed by atoms with E-state index >= 15 is 0 Å². The molecule has 2 aliphatic rings. The zero-order chi connectivity index (χ0) is 10.2. The lowest BCUT2D eigenvalue weighted by Gasteiger charge is -2.47. The van der Waals surface area contributed by atoms with Crippen LogP contribution in [0.2, 0.25) is 0 Å². The molecule has 4 heteroatoms. The van der Waals surface area contributed by atoms with E-state index in [1.54, 1.807) is 0 Å². The Labute approximate surface area is 86.2 Å². The molecule has 2 fully saturated rings. The summed E-state index contributed by atoms with van der Waals surface area (Å²) in [7, 11) is -0.839. The van der Waals surface area contributed by atoms with Crippen LogP contribution in [0.5, 0.6) is 0 Å². The molecule has 0 spiro atoms. The van der Waals surface area contributed by atoms with E-state index < -0.39 is 9.84 Å². The number of hydrogen-bond acceptors (Lipinski definition) is 3. The molecule has 0 bridgehead atoms. The lowest BCUT2D eigenvalue weighted by Crippen LogP contribution is -2.61. The van der Waals surface area contributed by atoms with Gasteiger partial charge < -0.3 is 5.32 Å². The van der Waals surface area contributed by atoms with Crippen molar-refractivity contribution >= 4 is 9.84 Å². The second kappa shape index (κ2) is 3.49. The van der Waals surface area contributed by atoms with Crippen molar-refractivity contribution in [2.24, 2.45) is 0 Å². The highest BCUT2D eigenvalue weighted by atomic mass is 32.2. The number of rotatable bonds is 2. The largest absolute Gasteiger partial charge is 0.313 e. The summed E-state index contributed by atoms with van der Waals surface area (Å²) in [4.78, 5) is 0. The zero-order valence-electron chi connectivity index (χ0n) is 8.75. The SMILES string of the molecule is CNC1(C2CCS2(=O)=O)CCCCC1. The van der Waals surface area contributed by atoms with Gasteiger partial charge in [0.05, 0.1) is 11.0 Å². The van der Waals surface area contributed by atoms with Crippen LogP contribution < -0.4 is 5.32 Å². The first-order valence-electron chi connectivity index (χ1n) is 5.51. The van der Waals surface area contributed by atoms with Gasteiger partial charge in [-0.1, -0.05) is 19.3 Å². The topological polar surface area (TPSA) is 46.2 Å². The molecule has 2 rings (SSSR count). The second-order valence-corrected chi connectivity index (χ2v) is 6.91. The molecule has 1 aliphatic heterocycles. The number of hydrogen-bond donors (Lipinski definition) is 1. The minimum absolute atomic E-state index is 0.0880. The van der Waals surface area contributed by atoms with Gasteiger partial charge in [-0.3, -0.25) is 0 Å². The Bertz CT molecular complexity index is 304. The van der Waals surface area contributed by atoms with Crippen LogP contribution in [-0.2, 0) is 9.84 Å². The zero-order valence-corrected chi connectivity index (χ0v) is 9.57. The third-order valence-electron chi connectivity index (χ3n) is 3.96. The van der Waals surface area contributed by atoms with Crippen LogP contribution >= 0.6 is 0 Å². The highest BCUT2D eigenvalue weighted by molar-refractivity contribution is 7.93. The van der Waals surface area contributed by atoms with Crippen LogP contribution in [0.1, 0.15) is 38.5 Å². The molecule has 1 N–H and O–H groups in total. The van der Waals surface area contributed by atoms with Crippen LogP contribution in [0.25, 0.3) is 0 Å². The molecule has 0 radical (unpaired) electrons. The van der Waals surface area contributed by atoms with Gasteiger partial charge in [0.1, 0.15) is 0 Å². The Morgan fingerprint density at radius 3 is 2.21 bits per heavy atom. The van der Waals surface area contributed by atoms with Gasteiger partial charge >= 0.3 is 0 Å². The molecule has 1 aliphatic carbocycles. The molecule has 0 aromatic heterocycles. The third-order valence-corrected chi connectivity index (χ3v) is 6.32. The molecule has 0 aromatic rings. The number of nitrogens with one attached hydrogen (secondary N) is 1. The summed E-state index contributed by atoms with van der Waals surface area (Å²) in [5.74, 6) is 0.404. The lowest BCUT2D eigenvalue weighted by atomic mass is 9.78. The molecule has 82 valence electrons. The van der Waals surface area contributed by atoms with E-state index in [1.807, 2.05) is 7.05 Å². The first kappa shape index (κ1) is 10.4. The Morgan fingerprint density at radius 1 is 1.21 bits per heavy atom. The fourth-order valence-corrected chi connectivity index (χ4v) is 4.86. The van der Waals surface area contributed by atoms with Crippen molar-refractivity contribution in [1.29, 1.82) is 0 Å². The molecule has 1 saturated carbocycles. The molecule has 0 amide bonds. The van der Waals surface area contributed by atoms with Crippen LogP contribution in [0.4, 0.5) is 0 Å². The summed E-state index contributed by atoms with van der Waals surface area (Å²) in [6, 6.07) is 0. The summed E-state index contributed by atoms with van der Waals surface area (Å²) in [6.45, 7) is 0. The average molecular weight is 217 g/mol. The molecule has 3 nitrogen and oxygen atoms in total. The van der Waals surface area contributed by atoms with Gasteiger partial charge in [0.2, 0.25) is 0 Å². The molecule has 1 atom stereocenters. The summed E-state index contributed by atoms with van der Waals surface area (Å²) >= 11 is 0. The highest BCUT2D eigenvalue weighted by Crippen LogP contribution is 2.40. The predicted molar refractivity (Wildman–Crippen MR) is 57.1 cm³/mol. The Hall–Kier alpha value is -0.0900. The minimum Gasteiger partial charge on any atom is -0.313 e. The summed E-state index contributed by atoms with van der Waals surface area (Å²) < 4.78 is 23.3. The highest BCUT2D eigenvalue weighted by Gasteiger charge is 2.50. The van der Waals surface area contributed by atoms with E-state index in [0.29, 0.717) is 5.75 Å². The van der Waals surface area contributed by atoms with Gasteiger partial charge in [0, 0.05) is 5.54 Å². The van der Waals surface area contributed by atoms with E-state index in [4.69, 9.17) is 0 Å². The van der Waals surface area contributed by atoms with Crippen LogP contribution in [0.15, 0.2) is 0 Å². The first-order valence-corrected chi connectivity index (χ1v) is 7.23. The van der Waals surface area contributed by atoms with E-state index in [9.17, 15) is 8.42 Å². The van der Waals surface area contributed by atoms with Gasteiger partial charge in [0.25, 0.3) is 0 Å². The fourth-order valence-electron chi connectivity index (χ4n) is 2.96. The van der Waals surface area contributed by atoms with Crippen molar-refractivity contribution in [3.05, 3.63) is 0 Å². The average Bonchev–Trinajstić information content (AvgIpc) is 2.18. The van der Waals surface area contributed by atoms with Crippen molar-refractivity contribution < 1.29 is 8.42 Å². The lowest BCUT2D eigenvalue weighted by molar-refractivity contribution is 0.222. The van der Waals surface area contributed by atoms with Gasteiger partial charge in [-0.05, 0) is 26.3 Å². The van der Waals surface area contributed by atoms with Crippen molar-refractivity contribution in [3.63, 3.8) is 0 Å². The van der Waals surface area contributed by atoms with Crippen LogP contribution in [0, 0.1) is 0 Å². The van der Waals surface area contributed by atoms with Crippen LogP contribution in [0.3, 0.4) is 0 Å². The van der Waals surface area contributed by atoms with Crippen molar-refractivity contribution in [2.75, 3.05) is 12.8 Å². The third kappa shape index (κ3) is 1.48. The quantitative estimate of drug-likeness (QED) is 0.753. The van der Waals surface area contributed by atoms with E-state index in [-0.39, 0.29) is 10.8 Å². The Kier molecular flexibility index (Phi) is 2.60. The van der Waals surface area contributed by atoms with Crippen LogP contribution in [-0.4, -0.2) is 32.0 Å². The van der Waals surface area contributed by atoms with Crippen molar-refractivity contribution in [2.45, 2.75) is 49.3 Å². The maximum absolute atomic E-state index is 11.6. The van der Waals surface area contributed by atoms with Gasteiger partial charge in [0.15, 0.2) is 9.84 Å². The molecule has 14 heavy (non-hydrogen) atoms. The van der Waals surface area contributed by atoms with Gasteiger partial charge in [-0.15, -0.1) is 0 Å². The monoisotopic (exact) mass is 217 g/mol. The van der Waals surface area contributed by atoms with Gasteiger partial charge in [-0.25, -0.2) is 8.42 Å². The summed E-state index contributed by atoms with van der Waals surface area (Å²) in [6.07, 6.45) is 6.54. The predicted octanol–water partition coefficient (Wildman–Crippen LogP) is 1.10. The van der Waals surface area contributed by atoms with E-state index in [1.165, 1.54) is 19.3 Å². The van der Waals surface area contributed by atoms with E-state index in [0.717, 1.165) is 19.3 Å². The normalized spacial score (nSPS) is 34.8. The smallest absolute Gasteiger partial charge is 0.155 e. The molecular weight excluding hydrogens is 198 g/mol.